The van der Waals surface area contributed by atoms with Gasteiger partial charge in [0.1, 0.15) is 0 Å². The third-order valence-corrected chi connectivity index (χ3v) is 6.77. The van der Waals surface area contributed by atoms with Gasteiger partial charge in [-0.1, -0.05) is 12.1 Å². The van der Waals surface area contributed by atoms with E-state index in [-0.39, 0.29) is 11.9 Å². The summed E-state index contributed by atoms with van der Waals surface area (Å²) in [5.74, 6) is -0.208. The van der Waals surface area contributed by atoms with Crippen molar-refractivity contribution in [2.45, 2.75) is 30.3 Å². The number of hydrogen-bond donors (Lipinski definition) is 2. The third-order valence-electron chi connectivity index (χ3n) is 5.68. The number of hydrogen-bond acceptors (Lipinski definition) is 4. The summed E-state index contributed by atoms with van der Waals surface area (Å²) in [7, 11) is 0. The Morgan fingerprint density at radius 3 is 2.64 bits per heavy atom. The summed E-state index contributed by atoms with van der Waals surface area (Å²) >= 11 is 1.75. The van der Waals surface area contributed by atoms with Crippen LogP contribution in [-0.4, -0.2) is 46.7 Å². The van der Waals surface area contributed by atoms with Gasteiger partial charge in [0.25, 0.3) is 0 Å². The molecule has 0 spiro atoms. The minimum Gasteiger partial charge on any atom is -0.391 e. The number of halogens is 1. The number of fused-ring (bicyclic) bond motifs is 1. The Balaban J connectivity index is 1.60. The first-order valence-corrected chi connectivity index (χ1v) is 10.7. The van der Waals surface area contributed by atoms with Gasteiger partial charge in [-0.15, -0.1) is 0 Å². The van der Waals surface area contributed by atoms with Crippen molar-refractivity contribution in [2.24, 2.45) is 0 Å². The van der Waals surface area contributed by atoms with Crippen LogP contribution in [0.5, 0.6) is 0 Å². The fourth-order valence-corrected chi connectivity index (χ4v) is 5.27. The molecule has 1 atom stereocenters. The van der Waals surface area contributed by atoms with Crippen LogP contribution >= 0.6 is 11.9 Å². The fourth-order valence-electron chi connectivity index (χ4n) is 4.23. The largest absolute Gasteiger partial charge is 0.391 e. The van der Waals surface area contributed by atoms with Gasteiger partial charge in [0, 0.05) is 53.2 Å². The quantitative estimate of drug-likeness (QED) is 0.629. The molecule has 2 N–H and O–H groups in total. The molecule has 2 aliphatic heterocycles. The van der Waals surface area contributed by atoms with E-state index in [0.29, 0.717) is 17.6 Å². The summed E-state index contributed by atoms with van der Waals surface area (Å²) < 4.78 is 17.7. The monoisotopic (exact) mass is 397 g/mol. The topological polar surface area (TPSA) is 42.5 Å². The highest BCUT2D eigenvalue weighted by Crippen LogP contribution is 2.39. The Bertz CT molecular complexity index is 999. The second-order valence-corrected chi connectivity index (χ2v) is 8.82. The molecule has 6 heteroatoms. The van der Waals surface area contributed by atoms with Crippen LogP contribution in [-0.2, 0) is 0 Å². The van der Waals surface area contributed by atoms with E-state index in [4.69, 9.17) is 0 Å². The van der Waals surface area contributed by atoms with E-state index in [0.717, 1.165) is 47.7 Å². The summed E-state index contributed by atoms with van der Waals surface area (Å²) in [4.78, 5) is 6.57. The molecule has 3 heterocycles. The second kappa shape index (κ2) is 7.43. The lowest BCUT2D eigenvalue weighted by atomic mass is 10.1. The summed E-state index contributed by atoms with van der Waals surface area (Å²) in [6, 6.07) is 13.8. The SMILES string of the molecule is OC1CCN(c2ccc(SN3CCCC3)cc2-c2[nH]c3ccccc3c2F)C1. The molecule has 2 saturated heterocycles. The van der Waals surface area contributed by atoms with Crippen LogP contribution in [0.4, 0.5) is 10.1 Å². The van der Waals surface area contributed by atoms with Crippen LogP contribution in [0, 0.1) is 5.82 Å². The zero-order valence-corrected chi connectivity index (χ0v) is 16.5. The summed E-state index contributed by atoms with van der Waals surface area (Å²) in [6.45, 7) is 3.57. The summed E-state index contributed by atoms with van der Waals surface area (Å²) in [5.41, 5.74) is 3.18. The van der Waals surface area contributed by atoms with Gasteiger partial charge in [0.05, 0.1) is 11.8 Å². The lowest BCUT2D eigenvalue weighted by Gasteiger charge is -2.23. The standard InChI is InChI=1S/C22H24FN3OS/c23-21-17-5-1-2-6-19(17)24-22(21)18-13-16(28-26-10-3-4-11-26)7-8-20(18)25-12-9-15(27)14-25/h1-2,5-8,13,15,24,27H,3-4,9-12,14H2. The predicted molar refractivity (Wildman–Crippen MR) is 113 cm³/mol. The van der Waals surface area contributed by atoms with E-state index in [1.54, 1.807) is 11.9 Å². The van der Waals surface area contributed by atoms with Crippen molar-refractivity contribution >= 4 is 28.5 Å². The molecule has 1 aromatic heterocycles. The number of rotatable bonds is 4. The first-order valence-electron chi connectivity index (χ1n) is 9.95. The highest BCUT2D eigenvalue weighted by atomic mass is 32.2. The smallest absolute Gasteiger partial charge is 0.156 e. The normalized spacial score (nSPS) is 20.5. The maximum Gasteiger partial charge on any atom is 0.156 e. The van der Waals surface area contributed by atoms with E-state index < -0.39 is 0 Å². The first-order chi connectivity index (χ1) is 13.7. The molecule has 4 nitrogen and oxygen atoms in total. The Labute approximate surface area is 168 Å². The van der Waals surface area contributed by atoms with Gasteiger partial charge < -0.3 is 15.0 Å². The minimum atomic E-state index is -0.320. The van der Waals surface area contributed by atoms with Crippen LogP contribution < -0.4 is 4.90 Å². The molecule has 2 aromatic carbocycles. The Morgan fingerprint density at radius 2 is 1.89 bits per heavy atom. The van der Waals surface area contributed by atoms with Crippen molar-refractivity contribution in [2.75, 3.05) is 31.1 Å². The van der Waals surface area contributed by atoms with E-state index in [1.165, 1.54) is 12.8 Å². The Hall–Kier alpha value is -2.02. The molecule has 3 aromatic rings. The highest BCUT2D eigenvalue weighted by Gasteiger charge is 2.25. The average Bonchev–Trinajstić information content (AvgIpc) is 3.44. The van der Waals surface area contributed by atoms with E-state index in [2.05, 4.69) is 32.4 Å². The highest BCUT2D eigenvalue weighted by molar-refractivity contribution is 7.97. The molecule has 2 aliphatic rings. The predicted octanol–water partition coefficient (Wildman–Crippen LogP) is 4.65. The lowest BCUT2D eigenvalue weighted by molar-refractivity contribution is 0.198. The number of anilines is 1. The van der Waals surface area contributed by atoms with Gasteiger partial charge in [-0.2, -0.15) is 0 Å². The summed E-state index contributed by atoms with van der Waals surface area (Å²) in [5, 5.41) is 10.6. The number of para-hydroxylation sites is 1. The number of nitrogens with zero attached hydrogens (tertiary/aromatic N) is 2. The van der Waals surface area contributed by atoms with Crippen molar-refractivity contribution in [1.29, 1.82) is 0 Å². The number of nitrogens with one attached hydrogen (secondary N) is 1. The number of benzene rings is 2. The average molecular weight is 398 g/mol. The summed E-state index contributed by atoms with van der Waals surface area (Å²) in [6.07, 6.45) is 2.90. The lowest BCUT2D eigenvalue weighted by Crippen LogP contribution is -2.22. The molecule has 1 unspecified atom stereocenters. The van der Waals surface area contributed by atoms with Gasteiger partial charge >= 0.3 is 0 Å². The van der Waals surface area contributed by atoms with Gasteiger partial charge in [-0.25, -0.2) is 8.70 Å². The van der Waals surface area contributed by atoms with Gasteiger partial charge in [0.2, 0.25) is 0 Å². The molecule has 0 saturated carbocycles. The van der Waals surface area contributed by atoms with Crippen LogP contribution in [0.15, 0.2) is 47.4 Å². The van der Waals surface area contributed by atoms with Crippen molar-refractivity contribution in [3.05, 3.63) is 48.3 Å². The first kappa shape index (κ1) is 18.0. The van der Waals surface area contributed by atoms with Crippen molar-refractivity contribution in [3.63, 3.8) is 0 Å². The molecule has 2 fully saturated rings. The van der Waals surface area contributed by atoms with Crippen LogP contribution in [0.25, 0.3) is 22.2 Å². The molecule has 28 heavy (non-hydrogen) atoms. The van der Waals surface area contributed by atoms with E-state index in [1.807, 2.05) is 24.3 Å². The minimum absolute atomic E-state index is 0.208. The molecule has 0 aliphatic carbocycles. The third kappa shape index (κ3) is 3.30. The molecule has 5 rings (SSSR count). The molecule has 0 amide bonds. The number of aromatic amines is 1. The number of aliphatic hydroxyl groups is 1. The molecule has 0 radical (unpaired) electrons. The van der Waals surface area contributed by atoms with Crippen LogP contribution in [0.1, 0.15) is 19.3 Å². The number of aromatic nitrogens is 1. The maximum absolute atomic E-state index is 15.3. The fraction of sp³-hybridized carbons (Fsp3) is 0.364. The molecular formula is C22H24FN3OS. The van der Waals surface area contributed by atoms with Crippen molar-refractivity contribution < 1.29 is 9.50 Å². The number of aliphatic hydroxyl groups excluding tert-OH is 1. The van der Waals surface area contributed by atoms with Crippen molar-refractivity contribution in [3.8, 4) is 11.3 Å². The molecular weight excluding hydrogens is 373 g/mol. The van der Waals surface area contributed by atoms with Gasteiger partial charge in [-0.05, 0) is 61.5 Å². The van der Waals surface area contributed by atoms with E-state index in [9.17, 15) is 5.11 Å². The van der Waals surface area contributed by atoms with E-state index >= 15 is 4.39 Å². The number of H-pyrrole nitrogens is 1. The van der Waals surface area contributed by atoms with Crippen molar-refractivity contribution in [1.82, 2.24) is 9.29 Å². The Morgan fingerprint density at radius 1 is 1.07 bits per heavy atom. The molecule has 146 valence electrons. The maximum atomic E-state index is 15.3. The zero-order valence-electron chi connectivity index (χ0n) is 15.7. The zero-order chi connectivity index (χ0) is 19.1. The van der Waals surface area contributed by atoms with Crippen LogP contribution in [0.3, 0.4) is 0 Å². The second-order valence-electron chi connectivity index (χ2n) is 7.65. The van der Waals surface area contributed by atoms with Gasteiger partial charge in [-0.3, -0.25) is 0 Å². The van der Waals surface area contributed by atoms with Gasteiger partial charge in [0.15, 0.2) is 5.82 Å². The number of β-amino-alcohol motifs (C(OH)–C–C–N with tert-alkyl or cyclic N) is 1. The van der Waals surface area contributed by atoms with Crippen LogP contribution in [0.2, 0.25) is 0 Å². The molecule has 0 bridgehead atoms. The Kier molecular flexibility index (Phi) is 4.78.